The first-order chi connectivity index (χ1) is 16.7. The van der Waals surface area contributed by atoms with E-state index in [1.165, 1.54) is 35.6 Å². The molecule has 3 heterocycles. The van der Waals surface area contributed by atoms with Crippen LogP contribution in [0.15, 0.2) is 35.7 Å². The second-order valence-corrected chi connectivity index (χ2v) is 9.54. The number of aliphatic hydroxyl groups is 1. The number of aliphatic hydroxyl groups excluding tert-OH is 1. The van der Waals surface area contributed by atoms with Gasteiger partial charge in [0.2, 0.25) is 0 Å². The largest absolute Gasteiger partial charge is 0.373 e. The van der Waals surface area contributed by atoms with E-state index >= 15 is 0 Å². The molecule has 0 saturated heterocycles. The third-order valence-corrected chi connectivity index (χ3v) is 7.04. The van der Waals surface area contributed by atoms with E-state index in [-0.39, 0.29) is 0 Å². The van der Waals surface area contributed by atoms with E-state index in [0.29, 0.717) is 6.04 Å². The minimum Gasteiger partial charge on any atom is -0.373 e. The zero-order valence-electron chi connectivity index (χ0n) is 20.1. The number of fused-ring (bicyclic) bond motifs is 1. The van der Waals surface area contributed by atoms with Crippen molar-refractivity contribution in [2.45, 2.75) is 77.0 Å². The molecule has 1 fully saturated rings. The molecule has 2 aromatic heterocycles. The van der Waals surface area contributed by atoms with Gasteiger partial charge in [0.25, 0.3) is 0 Å². The van der Waals surface area contributed by atoms with Crippen molar-refractivity contribution in [3.63, 3.8) is 0 Å². The molecule has 1 atom stereocenters. The van der Waals surface area contributed by atoms with Crippen molar-refractivity contribution in [1.29, 1.82) is 0 Å². The van der Waals surface area contributed by atoms with Gasteiger partial charge in [-0.15, -0.1) is 0 Å². The molecular weight excluding hydrogens is 422 g/mol. The van der Waals surface area contributed by atoms with E-state index in [1.54, 1.807) is 0 Å². The predicted octanol–water partition coefficient (Wildman–Crippen LogP) is 3.39. The molecule has 2 N–H and O–H groups in total. The Kier molecular flexibility index (Phi) is 7.16. The van der Waals surface area contributed by atoms with Crippen molar-refractivity contribution in [1.82, 2.24) is 20.3 Å². The lowest BCUT2D eigenvalue weighted by Crippen LogP contribution is -2.39. The average Bonchev–Trinajstić information content (AvgIpc) is 2.89. The van der Waals surface area contributed by atoms with Gasteiger partial charge in [-0.3, -0.25) is 15.3 Å². The van der Waals surface area contributed by atoms with Crippen LogP contribution >= 0.6 is 0 Å². The van der Waals surface area contributed by atoms with Crippen LogP contribution in [0.4, 0.5) is 0 Å². The maximum atomic E-state index is 11.0. The van der Waals surface area contributed by atoms with Gasteiger partial charge in [0.05, 0.1) is 16.7 Å². The number of nitrogens with zero attached hydrogens (tertiary/aromatic N) is 4. The molecule has 6 heteroatoms. The molecule has 6 nitrogen and oxygen atoms in total. The molecular formula is C28H35N5O. The summed E-state index contributed by atoms with van der Waals surface area (Å²) in [4.78, 5) is 9.59. The van der Waals surface area contributed by atoms with Crippen LogP contribution in [-0.4, -0.2) is 38.9 Å². The predicted molar refractivity (Wildman–Crippen MR) is 137 cm³/mol. The van der Waals surface area contributed by atoms with Gasteiger partial charge >= 0.3 is 0 Å². The molecule has 0 radical (unpaired) electrons. The van der Waals surface area contributed by atoms with Crippen LogP contribution in [0, 0.1) is 0 Å². The third kappa shape index (κ3) is 5.29. The molecule has 1 aliphatic heterocycles. The molecule has 2 aromatic rings. The van der Waals surface area contributed by atoms with Gasteiger partial charge in [-0.05, 0) is 67.5 Å². The summed E-state index contributed by atoms with van der Waals surface area (Å²) in [5.41, 5.74) is 5.27. The normalized spacial score (nSPS) is 19.1. The van der Waals surface area contributed by atoms with E-state index in [2.05, 4.69) is 53.9 Å². The summed E-state index contributed by atoms with van der Waals surface area (Å²) in [5, 5.41) is 22.9. The number of pyridine rings is 2. The Hall–Kier alpha value is -2.83. The van der Waals surface area contributed by atoms with Crippen LogP contribution < -0.4 is 15.9 Å². The summed E-state index contributed by atoms with van der Waals surface area (Å²) in [6, 6.07) is 6.74. The molecule has 0 aromatic carbocycles. The van der Waals surface area contributed by atoms with Crippen LogP contribution in [0.5, 0.6) is 0 Å². The molecule has 1 unspecified atom stereocenters. The van der Waals surface area contributed by atoms with Crippen molar-refractivity contribution in [3.8, 4) is 0 Å². The van der Waals surface area contributed by atoms with E-state index < -0.39 is 6.23 Å². The minimum absolute atomic E-state index is 0.375. The van der Waals surface area contributed by atoms with Gasteiger partial charge in [-0.2, -0.15) is 5.10 Å². The highest BCUT2D eigenvalue weighted by Crippen LogP contribution is 2.22. The number of aromatic nitrogens is 2. The maximum absolute atomic E-state index is 11.0. The topological polar surface area (TPSA) is 73.6 Å². The fourth-order valence-electron chi connectivity index (χ4n) is 5.15. The second kappa shape index (κ2) is 10.6. The molecule has 2 aliphatic carbocycles. The molecule has 178 valence electrons. The first-order valence-electron chi connectivity index (χ1n) is 12.8. The third-order valence-electron chi connectivity index (χ3n) is 7.04. The van der Waals surface area contributed by atoms with E-state index in [1.807, 2.05) is 17.4 Å². The molecule has 3 aliphatic rings. The molecule has 34 heavy (non-hydrogen) atoms. The summed E-state index contributed by atoms with van der Waals surface area (Å²) in [6.45, 7) is 2.94. The van der Waals surface area contributed by atoms with E-state index in [4.69, 9.17) is 9.97 Å². The van der Waals surface area contributed by atoms with Crippen LogP contribution in [0.1, 0.15) is 87.0 Å². The van der Waals surface area contributed by atoms with Crippen molar-refractivity contribution >= 4 is 23.9 Å². The fourth-order valence-corrected chi connectivity index (χ4v) is 5.15. The number of hydrazone groups is 1. The molecule has 0 bridgehead atoms. The highest BCUT2D eigenvalue weighted by molar-refractivity contribution is 5.79. The quantitative estimate of drug-likeness (QED) is 0.624. The summed E-state index contributed by atoms with van der Waals surface area (Å²) in [6.07, 6.45) is 19.4. The van der Waals surface area contributed by atoms with Crippen molar-refractivity contribution in [2.75, 3.05) is 6.54 Å². The molecule has 0 amide bonds. The summed E-state index contributed by atoms with van der Waals surface area (Å²) in [5.74, 6) is 0. The number of hydrogen-bond acceptors (Lipinski definition) is 6. The van der Waals surface area contributed by atoms with Crippen LogP contribution in [0.2, 0.25) is 0 Å². The van der Waals surface area contributed by atoms with Crippen molar-refractivity contribution in [2.24, 2.45) is 5.10 Å². The maximum Gasteiger partial charge on any atom is 0.148 e. The zero-order valence-corrected chi connectivity index (χ0v) is 20.1. The number of allylic oxidation sites excluding steroid dienone is 1. The summed E-state index contributed by atoms with van der Waals surface area (Å²) in [7, 11) is 0. The zero-order chi connectivity index (χ0) is 23.3. The van der Waals surface area contributed by atoms with Gasteiger partial charge in [0, 0.05) is 43.2 Å². The van der Waals surface area contributed by atoms with Gasteiger partial charge in [-0.1, -0.05) is 37.5 Å². The molecule has 0 spiro atoms. The van der Waals surface area contributed by atoms with Gasteiger partial charge in [0.15, 0.2) is 0 Å². The Bertz CT molecular complexity index is 1180. The van der Waals surface area contributed by atoms with Crippen LogP contribution in [0.25, 0.3) is 17.7 Å². The monoisotopic (exact) mass is 457 g/mol. The number of nitrogens with one attached hydrogen (secondary N) is 1. The first-order valence-corrected chi connectivity index (χ1v) is 12.8. The van der Waals surface area contributed by atoms with E-state index in [0.717, 1.165) is 67.4 Å². The second-order valence-electron chi connectivity index (χ2n) is 9.54. The lowest BCUT2D eigenvalue weighted by molar-refractivity contribution is 0.109. The summed E-state index contributed by atoms with van der Waals surface area (Å²) < 4.78 is 0. The van der Waals surface area contributed by atoms with Gasteiger partial charge < -0.3 is 5.11 Å². The Balaban J connectivity index is 1.38. The van der Waals surface area contributed by atoms with Crippen molar-refractivity contribution < 1.29 is 5.11 Å². The van der Waals surface area contributed by atoms with Crippen LogP contribution in [-0.2, 0) is 6.42 Å². The summed E-state index contributed by atoms with van der Waals surface area (Å²) >= 11 is 0. The van der Waals surface area contributed by atoms with Gasteiger partial charge in [-0.25, -0.2) is 4.98 Å². The average molecular weight is 458 g/mol. The SMILES string of the molecule is CCN1C=C(c2ccc(Cc3cc(C(O)NC4CCCCC4)nc4c3=CCCC=4)cn2)CC=N1. The standard InChI is InChI=1S/C28H35N5O/c1-2-33-19-21(14-15-30-33)25-13-12-20(18-29-25)16-22-17-27(32-26-11-7-6-10-24(22)26)28(34)31-23-8-4-3-5-9-23/h10-13,15,17-19,23,28,31,34H,2-9,14,16H2,1H3. The Morgan fingerprint density at radius 3 is 2.79 bits per heavy atom. The number of rotatable bonds is 7. The Morgan fingerprint density at radius 1 is 1.15 bits per heavy atom. The van der Waals surface area contributed by atoms with Crippen molar-refractivity contribution in [3.05, 3.63) is 63.7 Å². The number of hydrogen-bond donors (Lipinski definition) is 2. The highest BCUT2D eigenvalue weighted by Gasteiger charge is 2.19. The lowest BCUT2D eigenvalue weighted by atomic mass is 9.95. The smallest absolute Gasteiger partial charge is 0.148 e. The highest BCUT2D eigenvalue weighted by atomic mass is 16.3. The lowest BCUT2D eigenvalue weighted by Gasteiger charge is -2.26. The molecule has 5 rings (SSSR count). The fraction of sp³-hybridized carbons (Fsp3) is 0.464. The van der Waals surface area contributed by atoms with Crippen LogP contribution in [0.3, 0.4) is 0 Å². The minimum atomic E-state index is -0.732. The van der Waals surface area contributed by atoms with E-state index in [9.17, 15) is 5.11 Å². The van der Waals surface area contributed by atoms with Gasteiger partial charge in [0.1, 0.15) is 6.23 Å². The first kappa shape index (κ1) is 22.9. The Labute approximate surface area is 201 Å². The Morgan fingerprint density at radius 2 is 2.00 bits per heavy atom. The molecule has 1 saturated carbocycles.